The Morgan fingerprint density at radius 2 is 2.15 bits per heavy atom. The van der Waals surface area contributed by atoms with E-state index >= 15 is 0 Å². The molecule has 0 heterocycles. The van der Waals surface area contributed by atoms with Gasteiger partial charge in [0.15, 0.2) is 0 Å². The molecule has 74 valence electrons. The minimum atomic E-state index is -0.502. The highest BCUT2D eigenvalue weighted by Gasteiger charge is 2.34. The van der Waals surface area contributed by atoms with Crippen molar-refractivity contribution < 1.29 is 9.84 Å². The maximum atomic E-state index is 9.82. The summed E-state index contributed by atoms with van der Waals surface area (Å²) in [7, 11) is 0. The van der Waals surface area contributed by atoms with E-state index < -0.39 is 11.7 Å². The van der Waals surface area contributed by atoms with E-state index in [-0.39, 0.29) is 0 Å². The molecule has 0 bridgehead atoms. The first-order valence-corrected chi connectivity index (χ1v) is 4.93. The third-order valence-electron chi connectivity index (χ3n) is 2.34. The van der Waals surface area contributed by atoms with Gasteiger partial charge in [-0.15, -0.1) is 0 Å². The molecule has 0 aromatic rings. The lowest BCUT2D eigenvalue weighted by Crippen LogP contribution is -2.43. The summed E-state index contributed by atoms with van der Waals surface area (Å²) in [6, 6.07) is 0. The first-order valence-electron chi connectivity index (χ1n) is 4.93. The number of hydrogen-bond acceptors (Lipinski definition) is 2. The van der Waals surface area contributed by atoms with Gasteiger partial charge in [0.1, 0.15) is 11.7 Å². The largest absolute Gasteiger partial charge is 0.386 e. The second kappa shape index (κ2) is 4.58. The van der Waals surface area contributed by atoms with Crippen molar-refractivity contribution >= 4 is 0 Å². The predicted octanol–water partition coefficient (Wildman–Crippen LogP) is 2.05. The van der Waals surface area contributed by atoms with Gasteiger partial charge in [-0.3, -0.25) is 0 Å². The van der Waals surface area contributed by atoms with E-state index in [0.29, 0.717) is 6.61 Å². The van der Waals surface area contributed by atoms with Crippen molar-refractivity contribution in [2.24, 2.45) is 0 Å². The van der Waals surface area contributed by atoms with Gasteiger partial charge in [0.25, 0.3) is 0 Å². The first kappa shape index (κ1) is 10.5. The molecular weight excluding hydrogens is 164 g/mol. The van der Waals surface area contributed by atoms with E-state index in [0.717, 1.165) is 12.8 Å². The molecule has 1 aliphatic carbocycles. The minimum absolute atomic E-state index is 0.474. The molecular formula is C11H18O2. The molecule has 0 fully saturated rings. The van der Waals surface area contributed by atoms with Gasteiger partial charge in [-0.1, -0.05) is 31.6 Å². The van der Waals surface area contributed by atoms with Crippen LogP contribution in [0, 0.1) is 0 Å². The van der Waals surface area contributed by atoms with Crippen molar-refractivity contribution in [2.75, 3.05) is 6.61 Å². The summed E-state index contributed by atoms with van der Waals surface area (Å²) >= 11 is 0. The van der Waals surface area contributed by atoms with Gasteiger partial charge in [0, 0.05) is 6.61 Å². The molecule has 13 heavy (non-hydrogen) atoms. The van der Waals surface area contributed by atoms with Crippen LogP contribution in [0.3, 0.4) is 0 Å². The minimum Gasteiger partial charge on any atom is -0.386 e. The molecule has 0 saturated heterocycles. The zero-order valence-electron chi connectivity index (χ0n) is 8.36. The summed E-state index contributed by atoms with van der Waals surface area (Å²) in [4.78, 5) is 0. The van der Waals surface area contributed by atoms with Crippen LogP contribution in [-0.2, 0) is 4.74 Å². The fourth-order valence-corrected chi connectivity index (χ4v) is 1.75. The highest BCUT2D eigenvalue weighted by atomic mass is 16.5. The van der Waals surface area contributed by atoms with Crippen LogP contribution >= 0.6 is 0 Å². The van der Waals surface area contributed by atoms with Crippen molar-refractivity contribution in [3.05, 3.63) is 24.3 Å². The van der Waals surface area contributed by atoms with E-state index in [1.165, 1.54) is 0 Å². The van der Waals surface area contributed by atoms with E-state index in [2.05, 4.69) is 6.92 Å². The van der Waals surface area contributed by atoms with Gasteiger partial charge in [-0.25, -0.2) is 0 Å². The number of aliphatic hydroxyl groups excluding tert-OH is 1. The average molecular weight is 182 g/mol. The molecule has 1 N–H and O–H groups in total. The summed E-state index contributed by atoms with van der Waals surface area (Å²) in [5.41, 5.74) is -0.474. The second-order valence-corrected chi connectivity index (χ2v) is 3.33. The molecule has 0 aromatic carbocycles. The Balaban J connectivity index is 2.75. The third kappa shape index (κ3) is 2.20. The Bertz CT molecular complexity index is 200. The summed E-state index contributed by atoms with van der Waals surface area (Å²) in [6.07, 6.45) is 8.92. The van der Waals surface area contributed by atoms with Gasteiger partial charge in [-0.05, 0) is 19.4 Å². The van der Waals surface area contributed by atoms with E-state index in [1.807, 2.05) is 25.2 Å². The molecule has 0 radical (unpaired) electrons. The van der Waals surface area contributed by atoms with Crippen LogP contribution in [0.2, 0.25) is 0 Å². The molecule has 1 aliphatic rings. The molecule has 0 amide bonds. The van der Waals surface area contributed by atoms with Crippen molar-refractivity contribution in [3.63, 3.8) is 0 Å². The standard InChI is InChI=1S/C11H18O2/c1-3-8-11(13-4-2)9-6-5-7-10(11)12/h5-7,9-10,12H,3-4,8H2,1-2H3. The van der Waals surface area contributed by atoms with Crippen molar-refractivity contribution in [1.29, 1.82) is 0 Å². The van der Waals surface area contributed by atoms with Gasteiger partial charge < -0.3 is 9.84 Å². The molecule has 2 atom stereocenters. The van der Waals surface area contributed by atoms with Gasteiger partial charge in [-0.2, -0.15) is 0 Å². The van der Waals surface area contributed by atoms with Crippen molar-refractivity contribution in [2.45, 2.75) is 38.4 Å². The molecule has 2 heteroatoms. The summed E-state index contributed by atoms with van der Waals surface area (Å²) < 4.78 is 5.64. The molecule has 1 rings (SSSR count). The fourth-order valence-electron chi connectivity index (χ4n) is 1.75. The number of allylic oxidation sites excluding steroid dienone is 2. The average Bonchev–Trinajstić information content (AvgIpc) is 2.11. The zero-order chi connectivity index (χ0) is 9.73. The summed E-state index contributed by atoms with van der Waals surface area (Å²) in [6.45, 7) is 4.69. The summed E-state index contributed by atoms with van der Waals surface area (Å²) in [5.74, 6) is 0. The second-order valence-electron chi connectivity index (χ2n) is 3.33. The maximum Gasteiger partial charge on any atom is 0.116 e. The van der Waals surface area contributed by atoms with Crippen LogP contribution in [0.4, 0.5) is 0 Å². The fraction of sp³-hybridized carbons (Fsp3) is 0.636. The molecule has 0 aromatic heterocycles. The normalized spacial score (nSPS) is 32.4. The van der Waals surface area contributed by atoms with Gasteiger partial charge in [0.05, 0.1) is 0 Å². The molecule has 2 nitrogen and oxygen atoms in total. The Morgan fingerprint density at radius 1 is 1.38 bits per heavy atom. The lowest BCUT2D eigenvalue weighted by Gasteiger charge is -2.35. The first-order chi connectivity index (χ1) is 6.25. The van der Waals surface area contributed by atoms with E-state index in [4.69, 9.17) is 4.74 Å². The lowest BCUT2D eigenvalue weighted by atomic mass is 9.87. The Labute approximate surface area is 79.9 Å². The van der Waals surface area contributed by atoms with Crippen LogP contribution < -0.4 is 0 Å². The number of hydrogen-bond donors (Lipinski definition) is 1. The van der Waals surface area contributed by atoms with Gasteiger partial charge in [0.2, 0.25) is 0 Å². The van der Waals surface area contributed by atoms with Crippen LogP contribution in [0.15, 0.2) is 24.3 Å². The van der Waals surface area contributed by atoms with Crippen LogP contribution in [0.1, 0.15) is 26.7 Å². The SMILES string of the molecule is CCCC1(OCC)C=CC=CC1O. The Hall–Kier alpha value is -0.600. The van der Waals surface area contributed by atoms with Crippen LogP contribution in [0.5, 0.6) is 0 Å². The molecule has 2 unspecified atom stereocenters. The highest BCUT2D eigenvalue weighted by Crippen LogP contribution is 2.28. The smallest absolute Gasteiger partial charge is 0.116 e. The summed E-state index contributed by atoms with van der Waals surface area (Å²) in [5, 5.41) is 9.82. The topological polar surface area (TPSA) is 29.5 Å². The highest BCUT2D eigenvalue weighted by molar-refractivity contribution is 5.23. The molecule has 0 aliphatic heterocycles. The van der Waals surface area contributed by atoms with E-state index in [9.17, 15) is 5.11 Å². The van der Waals surface area contributed by atoms with Crippen LogP contribution in [-0.4, -0.2) is 23.4 Å². The maximum absolute atomic E-state index is 9.82. The van der Waals surface area contributed by atoms with Gasteiger partial charge >= 0.3 is 0 Å². The zero-order valence-corrected chi connectivity index (χ0v) is 8.36. The van der Waals surface area contributed by atoms with Crippen LogP contribution in [0.25, 0.3) is 0 Å². The Morgan fingerprint density at radius 3 is 2.69 bits per heavy atom. The Kier molecular flexibility index (Phi) is 3.70. The predicted molar refractivity (Wildman–Crippen MR) is 53.6 cm³/mol. The molecule has 0 saturated carbocycles. The lowest BCUT2D eigenvalue weighted by molar-refractivity contribution is -0.0757. The number of rotatable bonds is 4. The third-order valence-corrected chi connectivity index (χ3v) is 2.34. The quantitative estimate of drug-likeness (QED) is 0.721. The van der Waals surface area contributed by atoms with Crippen molar-refractivity contribution in [3.8, 4) is 0 Å². The molecule has 0 spiro atoms. The monoisotopic (exact) mass is 182 g/mol. The van der Waals surface area contributed by atoms with E-state index in [1.54, 1.807) is 6.08 Å². The van der Waals surface area contributed by atoms with Crippen molar-refractivity contribution in [1.82, 2.24) is 0 Å². The number of aliphatic hydroxyl groups is 1. The number of ether oxygens (including phenoxy) is 1.